The number of hydrogen-bond acceptors (Lipinski definition) is 2. The van der Waals surface area contributed by atoms with Gasteiger partial charge in [0.15, 0.2) is 6.61 Å². The van der Waals surface area contributed by atoms with Crippen LogP contribution in [0.1, 0.15) is 42.7 Å². The topological polar surface area (TPSA) is 21.3 Å². The summed E-state index contributed by atoms with van der Waals surface area (Å²) in [6.07, 6.45) is 0.251. The monoisotopic (exact) mass is 285 g/mol. The average Bonchev–Trinajstić information content (AvgIpc) is 3.27. The van der Waals surface area contributed by atoms with Gasteiger partial charge in [0, 0.05) is 12.6 Å². The second-order valence-electron chi connectivity index (χ2n) is 5.71. The molecule has 2 saturated carbocycles. The Labute approximate surface area is 116 Å². The molecule has 2 aliphatic rings. The van der Waals surface area contributed by atoms with Crippen molar-refractivity contribution in [3.63, 3.8) is 0 Å². The van der Waals surface area contributed by atoms with Crippen LogP contribution in [0.3, 0.4) is 0 Å². The van der Waals surface area contributed by atoms with Gasteiger partial charge in [-0.25, -0.2) is 0 Å². The molecule has 0 unspecified atom stereocenters. The van der Waals surface area contributed by atoms with E-state index in [0.717, 1.165) is 30.5 Å². The van der Waals surface area contributed by atoms with Crippen molar-refractivity contribution < 1.29 is 17.9 Å². The highest BCUT2D eigenvalue weighted by atomic mass is 19.4. The second kappa shape index (κ2) is 5.28. The Kier molecular flexibility index (Phi) is 3.63. The molecule has 0 spiro atoms. The second-order valence-corrected chi connectivity index (χ2v) is 5.71. The van der Waals surface area contributed by atoms with E-state index in [1.165, 1.54) is 12.8 Å². The standard InChI is InChI=1S/C15H18F3NO/c16-15(17,18)9-20-14-6-1-10(8-19-12-4-5-12)7-13(14)11-2-3-11/h1,6-7,11-12,19H,2-5,8-9H2. The first-order chi connectivity index (χ1) is 9.51. The normalized spacial score (nSPS) is 19.1. The third kappa shape index (κ3) is 3.88. The van der Waals surface area contributed by atoms with Crippen molar-refractivity contribution >= 4 is 0 Å². The summed E-state index contributed by atoms with van der Waals surface area (Å²) in [5.74, 6) is 0.763. The zero-order valence-electron chi connectivity index (χ0n) is 11.2. The molecule has 0 aromatic heterocycles. The molecule has 3 rings (SSSR count). The predicted octanol–water partition coefficient (Wildman–Crippen LogP) is 3.76. The summed E-state index contributed by atoms with van der Waals surface area (Å²) in [5, 5.41) is 3.41. The number of nitrogens with one attached hydrogen (secondary N) is 1. The lowest BCUT2D eigenvalue weighted by Crippen LogP contribution is -2.20. The van der Waals surface area contributed by atoms with Crippen LogP contribution in [0.5, 0.6) is 5.75 Å². The van der Waals surface area contributed by atoms with Gasteiger partial charge in [0.2, 0.25) is 0 Å². The summed E-state index contributed by atoms with van der Waals surface area (Å²) in [6.45, 7) is -0.434. The van der Waals surface area contributed by atoms with Crippen LogP contribution in [-0.2, 0) is 6.54 Å². The molecule has 0 aliphatic heterocycles. The van der Waals surface area contributed by atoms with Crippen LogP contribution in [0.25, 0.3) is 0 Å². The Morgan fingerprint density at radius 2 is 1.90 bits per heavy atom. The lowest BCUT2D eigenvalue weighted by Gasteiger charge is -2.14. The minimum atomic E-state index is -4.28. The molecule has 110 valence electrons. The zero-order valence-corrected chi connectivity index (χ0v) is 11.2. The molecule has 0 amide bonds. The Morgan fingerprint density at radius 3 is 2.50 bits per heavy atom. The predicted molar refractivity (Wildman–Crippen MR) is 69.8 cm³/mol. The summed E-state index contributed by atoms with van der Waals surface area (Å²) in [6, 6.07) is 6.16. The molecule has 0 radical (unpaired) electrons. The van der Waals surface area contributed by atoms with Crippen LogP contribution in [-0.4, -0.2) is 18.8 Å². The maximum absolute atomic E-state index is 12.3. The van der Waals surface area contributed by atoms with Gasteiger partial charge in [-0.05, 0) is 48.8 Å². The maximum atomic E-state index is 12.3. The molecule has 1 aromatic carbocycles. The smallest absolute Gasteiger partial charge is 0.422 e. The fourth-order valence-electron chi connectivity index (χ4n) is 2.26. The number of alkyl halides is 3. The highest BCUT2D eigenvalue weighted by molar-refractivity contribution is 5.42. The number of ether oxygens (including phenoxy) is 1. The fourth-order valence-corrected chi connectivity index (χ4v) is 2.26. The molecule has 1 N–H and O–H groups in total. The number of benzene rings is 1. The van der Waals surface area contributed by atoms with E-state index in [2.05, 4.69) is 5.32 Å². The van der Waals surface area contributed by atoms with Crippen LogP contribution in [0.2, 0.25) is 0 Å². The number of hydrogen-bond donors (Lipinski definition) is 1. The van der Waals surface area contributed by atoms with E-state index < -0.39 is 12.8 Å². The van der Waals surface area contributed by atoms with Crippen molar-refractivity contribution in [3.8, 4) is 5.75 Å². The van der Waals surface area contributed by atoms with Crippen molar-refractivity contribution in [1.82, 2.24) is 5.32 Å². The summed E-state index contributed by atoms with van der Waals surface area (Å²) in [4.78, 5) is 0. The summed E-state index contributed by atoms with van der Waals surface area (Å²) in [5.41, 5.74) is 2.06. The average molecular weight is 285 g/mol. The van der Waals surface area contributed by atoms with E-state index in [0.29, 0.717) is 17.7 Å². The highest BCUT2D eigenvalue weighted by Crippen LogP contribution is 2.45. The first kappa shape index (κ1) is 13.7. The lowest BCUT2D eigenvalue weighted by molar-refractivity contribution is -0.153. The van der Waals surface area contributed by atoms with Gasteiger partial charge in [0.25, 0.3) is 0 Å². The number of rotatable bonds is 6. The Balaban J connectivity index is 1.68. The molecular formula is C15H18F3NO. The third-order valence-corrected chi connectivity index (χ3v) is 3.65. The van der Waals surface area contributed by atoms with Gasteiger partial charge in [0.1, 0.15) is 5.75 Å². The van der Waals surface area contributed by atoms with Gasteiger partial charge in [-0.1, -0.05) is 12.1 Å². The van der Waals surface area contributed by atoms with E-state index in [-0.39, 0.29) is 0 Å². The molecule has 2 nitrogen and oxygen atoms in total. The van der Waals surface area contributed by atoms with Crippen LogP contribution in [0.4, 0.5) is 13.2 Å². The Morgan fingerprint density at radius 1 is 1.15 bits per heavy atom. The van der Waals surface area contributed by atoms with Crippen molar-refractivity contribution in [2.75, 3.05) is 6.61 Å². The van der Waals surface area contributed by atoms with Crippen molar-refractivity contribution in [2.45, 2.75) is 50.4 Å². The number of halogens is 3. The first-order valence-electron chi connectivity index (χ1n) is 7.07. The molecule has 2 aliphatic carbocycles. The molecule has 5 heteroatoms. The quantitative estimate of drug-likeness (QED) is 0.859. The minimum absolute atomic E-state index is 0.374. The SMILES string of the molecule is FC(F)(F)COc1ccc(CNC2CC2)cc1C1CC1. The maximum Gasteiger partial charge on any atom is 0.422 e. The van der Waals surface area contributed by atoms with Gasteiger partial charge < -0.3 is 10.1 Å². The first-order valence-corrected chi connectivity index (χ1v) is 7.07. The summed E-state index contributed by atoms with van der Waals surface area (Å²) < 4.78 is 41.7. The largest absolute Gasteiger partial charge is 0.484 e. The molecule has 2 fully saturated rings. The fraction of sp³-hybridized carbons (Fsp3) is 0.600. The Bertz CT molecular complexity index is 478. The van der Waals surface area contributed by atoms with Gasteiger partial charge >= 0.3 is 6.18 Å². The van der Waals surface area contributed by atoms with E-state index in [1.54, 1.807) is 6.07 Å². The molecule has 20 heavy (non-hydrogen) atoms. The van der Waals surface area contributed by atoms with E-state index >= 15 is 0 Å². The van der Waals surface area contributed by atoms with Gasteiger partial charge in [-0.2, -0.15) is 13.2 Å². The molecule has 0 atom stereocenters. The van der Waals surface area contributed by atoms with Gasteiger partial charge in [-0.15, -0.1) is 0 Å². The highest BCUT2D eigenvalue weighted by Gasteiger charge is 2.31. The Hall–Kier alpha value is -1.23. The molecule has 1 aromatic rings. The molecule has 0 bridgehead atoms. The molecule has 0 heterocycles. The van der Waals surface area contributed by atoms with Gasteiger partial charge in [-0.3, -0.25) is 0 Å². The van der Waals surface area contributed by atoms with Crippen LogP contribution in [0.15, 0.2) is 18.2 Å². The third-order valence-electron chi connectivity index (χ3n) is 3.65. The molecular weight excluding hydrogens is 267 g/mol. The van der Waals surface area contributed by atoms with E-state index in [1.807, 2.05) is 12.1 Å². The van der Waals surface area contributed by atoms with E-state index in [9.17, 15) is 13.2 Å². The van der Waals surface area contributed by atoms with Crippen molar-refractivity contribution in [1.29, 1.82) is 0 Å². The van der Waals surface area contributed by atoms with Crippen molar-refractivity contribution in [2.24, 2.45) is 0 Å². The summed E-state index contributed by atoms with van der Waals surface area (Å²) in [7, 11) is 0. The van der Waals surface area contributed by atoms with Gasteiger partial charge in [0.05, 0.1) is 0 Å². The summed E-state index contributed by atoms with van der Waals surface area (Å²) >= 11 is 0. The minimum Gasteiger partial charge on any atom is -0.484 e. The van der Waals surface area contributed by atoms with Crippen LogP contribution < -0.4 is 10.1 Å². The molecule has 0 saturated heterocycles. The van der Waals surface area contributed by atoms with E-state index in [4.69, 9.17) is 4.74 Å². The van der Waals surface area contributed by atoms with Crippen molar-refractivity contribution in [3.05, 3.63) is 29.3 Å². The lowest BCUT2D eigenvalue weighted by atomic mass is 10.1. The van der Waals surface area contributed by atoms with Crippen LogP contribution in [0, 0.1) is 0 Å². The van der Waals surface area contributed by atoms with Crippen LogP contribution >= 0.6 is 0 Å². The zero-order chi connectivity index (χ0) is 14.2.